The van der Waals surface area contributed by atoms with E-state index >= 15 is 0 Å². The molecule has 120 valence electrons. The molecule has 1 atom stereocenters. The SMILES string of the molecule is Cc1ccc(OC2CCN(C(=O)c3cc(=O)[nH]c(=O)[nH]3)C2)nn1. The summed E-state index contributed by atoms with van der Waals surface area (Å²) in [5, 5.41) is 7.83. The van der Waals surface area contributed by atoms with Crippen molar-refractivity contribution in [2.24, 2.45) is 0 Å². The van der Waals surface area contributed by atoms with Gasteiger partial charge in [0.15, 0.2) is 0 Å². The lowest BCUT2D eigenvalue weighted by Crippen LogP contribution is -2.34. The molecule has 3 rings (SSSR count). The van der Waals surface area contributed by atoms with Gasteiger partial charge in [0.25, 0.3) is 11.5 Å². The van der Waals surface area contributed by atoms with Gasteiger partial charge in [-0.15, -0.1) is 5.10 Å². The number of hydrogen-bond acceptors (Lipinski definition) is 6. The van der Waals surface area contributed by atoms with E-state index in [0.29, 0.717) is 25.4 Å². The van der Waals surface area contributed by atoms with Crippen molar-refractivity contribution in [2.75, 3.05) is 13.1 Å². The molecular formula is C14H15N5O4. The van der Waals surface area contributed by atoms with Gasteiger partial charge in [-0.05, 0) is 13.0 Å². The second-order valence-electron chi connectivity index (χ2n) is 5.29. The second kappa shape index (κ2) is 6.03. The Morgan fingerprint density at radius 2 is 2.13 bits per heavy atom. The van der Waals surface area contributed by atoms with Gasteiger partial charge in [0.1, 0.15) is 11.8 Å². The third-order valence-corrected chi connectivity index (χ3v) is 3.48. The number of ether oxygens (including phenoxy) is 1. The van der Waals surface area contributed by atoms with E-state index in [2.05, 4.69) is 15.2 Å². The van der Waals surface area contributed by atoms with Crippen LogP contribution in [0.5, 0.6) is 5.88 Å². The summed E-state index contributed by atoms with van der Waals surface area (Å²) in [4.78, 5) is 40.7. The lowest BCUT2D eigenvalue weighted by molar-refractivity contribution is 0.0764. The van der Waals surface area contributed by atoms with Crippen molar-refractivity contribution < 1.29 is 9.53 Å². The summed E-state index contributed by atoms with van der Waals surface area (Å²) in [5.41, 5.74) is -0.560. The molecule has 23 heavy (non-hydrogen) atoms. The van der Waals surface area contributed by atoms with Crippen molar-refractivity contribution in [1.29, 1.82) is 0 Å². The summed E-state index contributed by atoms with van der Waals surface area (Å²) in [6, 6.07) is 4.59. The summed E-state index contributed by atoms with van der Waals surface area (Å²) >= 11 is 0. The summed E-state index contributed by atoms with van der Waals surface area (Å²) in [5.74, 6) is -0.00579. The monoisotopic (exact) mass is 317 g/mol. The fourth-order valence-electron chi connectivity index (χ4n) is 2.38. The first-order valence-corrected chi connectivity index (χ1v) is 7.11. The van der Waals surface area contributed by atoms with Crippen molar-refractivity contribution in [2.45, 2.75) is 19.4 Å². The van der Waals surface area contributed by atoms with Crippen LogP contribution in [0.2, 0.25) is 0 Å². The number of aromatic nitrogens is 4. The molecule has 9 heteroatoms. The van der Waals surface area contributed by atoms with Gasteiger partial charge in [-0.2, -0.15) is 5.10 Å². The number of aryl methyl sites for hydroxylation is 1. The van der Waals surface area contributed by atoms with Crippen LogP contribution in [0.4, 0.5) is 0 Å². The average Bonchev–Trinajstić information content (AvgIpc) is 2.96. The molecule has 2 aromatic rings. The molecule has 0 aromatic carbocycles. The normalized spacial score (nSPS) is 17.3. The van der Waals surface area contributed by atoms with Crippen molar-refractivity contribution in [1.82, 2.24) is 25.1 Å². The van der Waals surface area contributed by atoms with Crippen LogP contribution in [0.15, 0.2) is 27.8 Å². The molecule has 0 spiro atoms. The third kappa shape index (κ3) is 3.44. The molecule has 1 fully saturated rings. The van der Waals surface area contributed by atoms with E-state index in [1.54, 1.807) is 12.1 Å². The fraction of sp³-hybridized carbons (Fsp3) is 0.357. The van der Waals surface area contributed by atoms with Crippen LogP contribution >= 0.6 is 0 Å². The lowest BCUT2D eigenvalue weighted by Gasteiger charge is -2.16. The first kappa shape index (κ1) is 14.9. The third-order valence-electron chi connectivity index (χ3n) is 3.48. The average molecular weight is 317 g/mol. The van der Waals surface area contributed by atoms with Gasteiger partial charge in [0.2, 0.25) is 5.88 Å². The smallest absolute Gasteiger partial charge is 0.326 e. The maximum absolute atomic E-state index is 12.3. The minimum atomic E-state index is -0.706. The Morgan fingerprint density at radius 3 is 2.83 bits per heavy atom. The number of likely N-dealkylation sites (tertiary alicyclic amines) is 1. The highest BCUT2D eigenvalue weighted by atomic mass is 16.5. The van der Waals surface area contributed by atoms with Crippen LogP contribution in [0.25, 0.3) is 0 Å². The van der Waals surface area contributed by atoms with Crippen LogP contribution in [-0.4, -0.2) is 50.2 Å². The summed E-state index contributed by atoms with van der Waals surface area (Å²) in [6.07, 6.45) is 0.430. The van der Waals surface area contributed by atoms with Gasteiger partial charge in [0, 0.05) is 25.1 Å². The van der Waals surface area contributed by atoms with E-state index in [1.165, 1.54) is 4.90 Å². The molecule has 0 aliphatic carbocycles. The van der Waals surface area contributed by atoms with Gasteiger partial charge >= 0.3 is 5.69 Å². The van der Waals surface area contributed by atoms with E-state index in [9.17, 15) is 14.4 Å². The Hall–Kier alpha value is -2.97. The highest BCUT2D eigenvalue weighted by Crippen LogP contribution is 2.17. The van der Waals surface area contributed by atoms with Gasteiger partial charge in [0.05, 0.1) is 12.2 Å². The molecule has 0 bridgehead atoms. The van der Waals surface area contributed by atoms with Crippen LogP contribution < -0.4 is 16.0 Å². The summed E-state index contributed by atoms with van der Waals surface area (Å²) < 4.78 is 5.69. The number of amides is 1. The number of carbonyl (C=O) groups is 1. The summed E-state index contributed by atoms with van der Waals surface area (Å²) in [6.45, 7) is 2.65. The highest BCUT2D eigenvalue weighted by molar-refractivity contribution is 5.92. The molecule has 2 aromatic heterocycles. The Bertz CT molecular complexity index is 798. The van der Waals surface area contributed by atoms with Crippen LogP contribution in [0, 0.1) is 6.92 Å². The first-order valence-electron chi connectivity index (χ1n) is 7.11. The zero-order chi connectivity index (χ0) is 16.4. The van der Waals surface area contributed by atoms with Gasteiger partial charge in [-0.1, -0.05) is 0 Å². The number of rotatable bonds is 3. The maximum atomic E-state index is 12.3. The van der Waals surface area contributed by atoms with Crippen LogP contribution in [0.3, 0.4) is 0 Å². The van der Waals surface area contributed by atoms with E-state index < -0.39 is 17.2 Å². The maximum Gasteiger partial charge on any atom is 0.326 e. The standard InChI is InChI=1S/C14H15N5O4/c1-8-2-3-12(18-17-8)23-9-4-5-19(7-9)13(21)10-6-11(20)16-14(22)15-10/h2-3,6,9H,4-5,7H2,1H3,(H2,15,16,20,22). The number of nitrogens with zero attached hydrogens (tertiary/aromatic N) is 3. The Kier molecular flexibility index (Phi) is 3.92. The van der Waals surface area contributed by atoms with Gasteiger partial charge in [-0.3, -0.25) is 14.6 Å². The second-order valence-corrected chi connectivity index (χ2v) is 5.29. The first-order chi connectivity index (χ1) is 11.0. The molecule has 2 N–H and O–H groups in total. The molecule has 1 aliphatic heterocycles. The molecule has 0 saturated carbocycles. The quantitative estimate of drug-likeness (QED) is 0.784. The number of nitrogens with one attached hydrogen (secondary N) is 2. The zero-order valence-corrected chi connectivity index (χ0v) is 12.4. The predicted octanol–water partition coefficient (Wildman–Crippen LogP) is -0.545. The number of aromatic amines is 2. The van der Waals surface area contributed by atoms with E-state index in [1.807, 2.05) is 11.9 Å². The van der Waals surface area contributed by atoms with Gasteiger partial charge in [-0.25, -0.2) is 4.79 Å². The molecule has 1 aliphatic rings. The van der Waals surface area contributed by atoms with E-state index in [-0.39, 0.29) is 11.8 Å². The van der Waals surface area contributed by atoms with Crippen molar-refractivity contribution in [3.63, 3.8) is 0 Å². The Balaban J connectivity index is 1.67. The van der Waals surface area contributed by atoms with Crippen LogP contribution in [-0.2, 0) is 0 Å². The predicted molar refractivity (Wildman–Crippen MR) is 79.4 cm³/mol. The van der Waals surface area contributed by atoms with Crippen molar-refractivity contribution in [3.05, 3.63) is 50.4 Å². The zero-order valence-electron chi connectivity index (χ0n) is 12.4. The minimum Gasteiger partial charge on any atom is -0.471 e. The molecule has 1 amide bonds. The molecule has 0 radical (unpaired) electrons. The van der Waals surface area contributed by atoms with Gasteiger partial charge < -0.3 is 14.6 Å². The number of carbonyl (C=O) groups excluding carboxylic acids is 1. The molecule has 1 unspecified atom stereocenters. The Labute approximate surface area is 130 Å². The number of hydrogen-bond donors (Lipinski definition) is 2. The largest absolute Gasteiger partial charge is 0.471 e. The molecule has 3 heterocycles. The van der Waals surface area contributed by atoms with E-state index in [0.717, 1.165) is 11.8 Å². The Morgan fingerprint density at radius 1 is 1.30 bits per heavy atom. The highest BCUT2D eigenvalue weighted by Gasteiger charge is 2.29. The molecular weight excluding hydrogens is 302 g/mol. The van der Waals surface area contributed by atoms with Crippen molar-refractivity contribution >= 4 is 5.91 Å². The minimum absolute atomic E-state index is 0.0328. The fourth-order valence-corrected chi connectivity index (χ4v) is 2.38. The number of H-pyrrole nitrogens is 2. The lowest BCUT2D eigenvalue weighted by atomic mass is 10.3. The molecule has 1 saturated heterocycles. The topological polar surface area (TPSA) is 121 Å². The molecule has 9 nitrogen and oxygen atoms in total. The van der Waals surface area contributed by atoms with Crippen molar-refractivity contribution in [3.8, 4) is 5.88 Å². The summed E-state index contributed by atoms with van der Waals surface area (Å²) in [7, 11) is 0. The van der Waals surface area contributed by atoms with E-state index in [4.69, 9.17) is 4.74 Å². The van der Waals surface area contributed by atoms with Crippen LogP contribution in [0.1, 0.15) is 22.6 Å².